The van der Waals surface area contributed by atoms with Gasteiger partial charge in [0.15, 0.2) is 0 Å². The maximum Gasteiger partial charge on any atom is 0.218 e. The van der Waals surface area contributed by atoms with E-state index in [4.69, 9.17) is 9.47 Å². The smallest absolute Gasteiger partial charge is 0.218 e. The zero-order valence-corrected chi connectivity index (χ0v) is 10.9. The first-order valence-electron chi connectivity index (χ1n) is 6.26. The highest BCUT2D eigenvalue weighted by Gasteiger charge is 2.17. The molecule has 1 unspecified atom stereocenters. The van der Waals surface area contributed by atoms with E-state index in [0.717, 1.165) is 32.1 Å². The number of nitrogens with one attached hydrogen (secondary N) is 1. The van der Waals surface area contributed by atoms with Gasteiger partial charge in [-0.15, -0.1) is 0 Å². The summed E-state index contributed by atoms with van der Waals surface area (Å²) in [7, 11) is 2.10. The van der Waals surface area contributed by atoms with Crippen LogP contribution in [0.4, 0.5) is 5.82 Å². The molecular formula is C12H20N4O2. The van der Waals surface area contributed by atoms with Crippen molar-refractivity contribution in [3.63, 3.8) is 0 Å². The molecule has 0 saturated carbocycles. The van der Waals surface area contributed by atoms with Gasteiger partial charge in [0.2, 0.25) is 5.88 Å². The van der Waals surface area contributed by atoms with Crippen LogP contribution in [0.1, 0.15) is 6.92 Å². The molecule has 100 valence electrons. The van der Waals surface area contributed by atoms with Crippen LogP contribution < -0.4 is 10.1 Å². The largest absolute Gasteiger partial charge is 0.478 e. The molecule has 6 heteroatoms. The van der Waals surface area contributed by atoms with Gasteiger partial charge in [0, 0.05) is 25.7 Å². The number of nitrogens with zero attached hydrogens (tertiary/aromatic N) is 3. The molecule has 0 aliphatic carbocycles. The standard InChI is InChI=1S/C12H20N4O2/c1-3-17-12-6-11(14-9-15-12)13-7-10-8-16(2)4-5-18-10/h6,9-10H,3-5,7-8H2,1-2H3,(H,13,14,15). The molecule has 1 fully saturated rings. The van der Waals surface area contributed by atoms with Gasteiger partial charge in [-0.05, 0) is 14.0 Å². The third-order valence-corrected chi connectivity index (χ3v) is 2.79. The molecule has 0 amide bonds. The average molecular weight is 252 g/mol. The van der Waals surface area contributed by atoms with Crippen molar-refractivity contribution in [1.29, 1.82) is 0 Å². The van der Waals surface area contributed by atoms with E-state index in [1.54, 1.807) is 6.07 Å². The molecule has 0 bridgehead atoms. The van der Waals surface area contributed by atoms with Gasteiger partial charge in [-0.1, -0.05) is 0 Å². The molecule has 0 spiro atoms. The van der Waals surface area contributed by atoms with Crippen LogP contribution >= 0.6 is 0 Å². The Labute approximate surface area is 107 Å². The van der Waals surface area contributed by atoms with Gasteiger partial charge in [0.25, 0.3) is 0 Å². The summed E-state index contributed by atoms with van der Waals surface area (Å²) in [6, 6.07) is 1.80. The number of hydrogen-bond acceptors (Lipinski definition) is 6. The summed E-state index contributed by atoms with van der Waals surface area (Å²) in [4.78, 5) is 10.4. The minimum Gasteiger partial charge on any atom is -0.478 e. The Morgan fingerprint density at radius 2 is 2.44 bits per heavy atom. The number of morpholine rings is 1. The van der Waals surface area contributed by atoms with Crippen LogP contribution in [0.3, 0.4) is 0 Å². The molecule has 1 atom stereocenters. The highest BCUT2D eigenvalue weighted by atomic mass is 16.5. The fraction of sp³-hybridized carbons (Fsp3) is 0.667. The van der Waals surface area contributed by atoms with E-state index < -0.39 is 0 Å². The summed E-state index contributed by atoms with van der Waals surface area (Å²) >= 11 is 0. The third kappa shape index (κ3) is 3.82. The summed E-state index contributed by atoms with van der Waals surface area (Å²) in [5.41, 5.74) is 0. The molecule has 2 rings (SSSR count). The van der Waals surface area contributed by atoms with Crippen LogP contribution in [-0.2, 0) is 4.74 Å². The fourth-order valence-electron chi connectivity index (χ4n) is 1.87. The Morgan fingerprint density at radius 1 is 1.56 bits per heavy atom. The minimum atomic E-state index is 0.203. The van der Waals surface area contributed by atoms with Crippen molar-refractivity contribution < 1.29 is 9.47 Å². The summed E-state index contributed by atoms with van der Waals surface area (Å²) in [5.74, 6) is 1.36. The second-order valence-electron chi connectivity index (χ2n) is 4.31. The first-order chi connectivity index (χ1) is 8.78. The molecule has 6 nitrogen and oxygen atoms in total. The van der Waals surface area contributed by atoms with Gasteiger partial charge in [-0.3, -0.25) is 0 Å². The number of likely N-dealkylation sites (N-methyl/N-ethyl adjacent to an activating group) is 1. The Hall–Kier alpha value is -1.40. The Kier molecular flexibility index (Phi) is 4.72. The number of rotatable bonds is 5. The SMILES string of the molecule is CCOc1cc(NCC2CN(C)CCO2)ncn1. The third-order valence-electron chi connectivity index (χ3n) is 2.79. The summed E-state index contributed by atoms with van der Waals surface area (Å²) in [6.07, 6.45) is 1.70. The predicted octanol–water partition coefficient (Wildman–Crippen LogP) is 0.618. The molecule has 1 aromatic rings. The van der Waals surface area contributed by atoms with Crippen LogP contribution in [0, 0.1) is 0 Å². The molecule has 1 saturated heterocycles. The molecule has 18 heavy (non-hydrogen) atoms. The van der Waals surface area contributed by atoms with Crippen molar-refractivity contribution in [2.45, 2.75) is 13.0 Å². The molecule has 1 aromatic heterocycles. The maximum atomic E-state index is 5.67. The molecule has 0 aromatic carbocycles. The van der Waals surface area contributed by atoms with Crippen LogP contribution in [0.2, 0.25) is 0 Å². The second kappa shape index (κ2) is 6.51. The van der Waals surface area contributed by atoms with Crippen LogP contribution in [-0.4, -0.2) is 60.9 Å². The fourth-order valence-corrected chi connectivity index (χ4v) is 1.87. The number of anilines is 1. The summed E-state index contributed by atoms with van der Waals surface area (Å²) in [5, 5.41) is 3.25. The first-order valence-corrected chi connectivity index (χ1v) is 6.26. The van der Waals surface area contributed by atoms with E-state index in [0.29, 0.717) is 12.5 Å². The Morgan fingerprint density at radius 3 is 3.22 bits per heavy atom. The number of aromatic nitrogens is 2. The van der Waals surface area contributed by atoms with E-state index in [9.17, 15) is 0 Å². The molecule has 0 radical (unpaired) electrons. The topological polar surface area (TPSA) is 59.5 Å². The van der Waals surface area contributed by atoms with Gasteiger partial charge >= 0.3 is 0 Å². The monoisotopic (exact) mass is 252 g/mol. The van der Waals surface area contributed by atoms with E-state index in [-0.39, 0.29) is 6.10 Å². The van der Waals surface area contributed by atoms with Gasteiger partial charge < -0.3 is 19.7 Å². The lowest BCUT2D eigenvalue weighted by Crippen LogP contribution is -2.43. The Bertz CT molecular complexity index is 375. The van der Waals surface area contributed by atoms with Crippen LogP contribution in [0.5, 0.6) is 5.88 Å². The van der Waals surface area contributed by atoms with Crippen molar-refractivity contribution in [1.82, 2.24) is 14.9 Å². The predicted molar refractivity (Wildman–Crippen MR) is 68.9 cm³/mol. The lowest BCUT2D eigenvalue weighted by molar-refractivity contribution is -0.0117. The zero-order chi connectivity index (χ0) is 12.8. The lowest BCUT2D eigenvalue weighted by atomic mass is 10.3. The average Bonchev–Trinajstić information content (AvgIpc) is 2.37. The first kappa shape index (κ1) is 13.0. The molecule has 1 aliphatic rings. The minimum absolute atomic E-state index is 0.203. The summed E-state index contributed by atoms with van der Waals surface area (Å²) in [6.45, 7) is 6.01. The van der Waals surface area contributed by atoms with Gasteiger partial charge in [0.05, 0.1) is 19.3 Å². The number of ether oxygens (including phenoxy) is 2. The summed E-state index contributed by atoms with van der Waals surface area (Å²) < 4.78 is 11.0. The van der Waals surface area contributed by atoms with E-state index in [2.05, 4.69) is 27.2 Å². The van der Waals surface area contributed by atoms with Crippen LogP contribution in [0.25, 0.3) is 0 Å². The zero-order valence-electron chi connectivity index (χ0n) is 10.9. The molecule has 1 aliphatic heterocycles. The van der Waals surface area contributed by atoms with Crippen molar-refractivity contribution in [3.8, 4) is 5.88 Å². The Balaban J connectivity index is 1.83. The quantitative estimate of drug-likeness (QED) is 0.829. The van der Waals surface area contributed by atoms with Gasteiger partial charge in [0.1, 0.15) is 12.1 Å². The second-order valence-corrected chi connectivity index (χ2v) is 4.31. The van der Waals surface area contributed by atoms with Gasteiger partial charge in [-0.25, -0.2) is 9.97 Å². The number of hydrogen-bond donors (Lipinski definition) is 1. The lowest BCUT2D eigenvalue weighted by Gasteiger charge is -2.30. The maximum absolute atomic E-state index is 5.67. The molecule has 2 heterocycles. The van der Waals surface area contributed by atoms with E-state index >= 15 is 0 Å². The van der Waals surface area contributed by atoms with E-state index in [1.807, 2.05) is 6.92 Å². The molecular weight excluding hydrogens is 232 g/mol. The van der Waals surface area contributed by atoms with Gasteiger partial charge in [-0.2, -0.15) is 0 Å². The highest BCUT2D eigenvalue weighted by Crippen LogP contribution is 2.11. The van der Waals surface area contributed by atoms with E-state index in [1.165, 1.54) is 6.33 Å². The van der Waals surface area contributed by atoms with Crippen molar-refractivity contribution in [2.75, 3.05) is 45.2 Å². The van der Waals surface area contributed by atoms with Crippen molar-refractivity contribution in [3.05, 3.63) is 12.4 Å². The normalized spacial score (nSPS) is 20.7. The van der Waals surface area contributed by atoms with Crippen molar-refractivity contribution in [2.24, 2.45) is 0 Å². The van der Waals surface area contributed by atoms with Crippen LogP contribution in [0.15, 0.2) is 12.4 Å². The van der Waals surface area contributed by atoms with Crippen molar-refractivity contribution >= 4 is 5.82 Å². The molecule has 1 N–H and O–H groups in total. The highest BCUT2D eigenvalue weighted by molar-refractivity contribution is 5.37.